The Bertz CT molecular complexity index is 295. The second-order valence-electron chi connectivity index (χ2n) is 5.49. The van der Waals surface area contributed by atoms with Crippen LogP contribution in [0.1, 0.15) is 25.8 Å². The molecule has 0 aliphatic carbocycles. The van der Waals surface area contributed by atoms with E-state index in [1.807, 2.05) is 0 Å². The van der Waals surface area contributed by atoms with Crippen LogP contribution >= 0.6 is 0 Å². The molecule has 0 atom stereocenters. The zero-order valence-electron chi connectivity index (χ0n) is 12.2. The van der Waals surface area contributed by atoms with Crippen LogP contribution in [0, 0.1) is 5.92 Å². The second-order valence-corrected chi connectivity index (χ2v) is 5.49. The summed E-state index contributed by atoms with van der Waals surface area (Å²) in [5, 5.41) is 3.48. The topological polar surface area (TPSA) is 15.3 Å². The van der Waals surface area contributed by atoms with Crippen molar-refractivity contribution in [3.05, 3.63) is 35.9 Å². The van der Waals surface area contributed by atoms with Crippen molar-refractivity contribution in [3.8, 4) is 0 Å². The molecule has 0 saturated carbocycles. The van der Waals surface area contributed by atoms with Crippen LogP contribution in [-0.2, 0) is 6.42 Å². The lowest BCUT2D eigenvalue weighted by molar-refractivity contribution is 0.324. The van der Waals surface area contributed by atoms with Crippen LogP contribution in [0.25, 0.3) is 0 Å². The van der Waals surface area contributed by atoms with E-state index in [0.717, 1.165) is 25.6 Å². The predicted octanol–water partition coefficient (Wildman–Crippen LogP) is 2.80. The molecule has 2 heteroatoms. The summed E-state index contributed by atoms with van der Waals surface area (Å²) in [6.45, 7) is 9.03. The molecule has 0 amide bonds. The summed E-state index contributed by atoms with van der Waals surface area (Å²) in [5.41, 5.74) is 1.45. The van der Waals surface area contributed by atoms with Gasteiger partial charge in [0.2, 0.25) is 0 Å². The van der Waals surface area contributed by atoms with Gasteiger partial charge in [-0.25, -0.2) is 0 Å². The summed E-state index contributed by atoms with van der Waals surface area (Å²) in [6.07, 6.45) is 2.43. The van der Waals surface area contributed by atoms with E-state index in [0.29, 0.717) is 0 Å². The smallest absolute Gasteiger partial charge is 0.0104 e. The average molecular weight is 248 g/mol. The monoisotopic (exact) mass is 248 g/mol. The fourth-order valence-corrected chi connectivity index (χ4v) is 1.97. The van der Waals surface area contributed by atoms with Gasteiger partial charge in [-0.3, -0.25) is 0 Å². The van der Waals surface area contributed by atoms with Crippen LogP contribution < -0.4 is 5.32 Å². The lowest BCUT2D eigenvalue weighted by Gasteiger charge is -2.17. The SMILES string of the molecule is CC(C)CNCCN(C)CCCc1ccccc1. The third-order valence-electron chi connectivity index (χ3n) is 3.07. The van der Waals surface area contributed by atoms with E-state index in [9.17, 15) is 0 Å². The third-order valence-corrected chi connectivity index (χ3v) is 3.07. The van der Waals surface area contributed by atoms with Gasteiger partial charge in [0, 0.05) is 13.1 Å². The summed E-state index contributed by atoms with van der Waals surface area (Å²) >= 11 is 0. The van der Waals surface area contributed by atoms with Crippen LogP contribution in [0.4, 0.5) is 0 Å². The van der Waals surface area contributed by atoms with Crippen molar-refractivity contribution in [2.45, 2.75) is 26.7 Å². The van der Waals surface area contributed by atoms with Gasteiger partial charge in [-0.15, -0.1) is 0 Å². The van der Waals surface area contributed by atoms with Gasteiger partial charge in [-0.05, 0) is 44.5 Å². The number of rotatable bonds is 9. The van der Waals surface area contributed by atoms with E-state index in [2.05, 4.69) is 61.4 Å². The predicted molar refractivity (Wildman–Crippen MR) is 80.0 cm³/mol. The molecule has 18 heavy (non-hydrogen) atoms. The van der Waals surface area contributed by atoms with Crippen molar-refractivity contribution in [3.63, 3.8) is 0 Å². The first-order valence-electron chi connectivity index (χ1n) is 7.11. The van der Waals surface area contributed by atoms with E-state index in [1.165, 1.54) is 24.9 Å². The summed E-state index contributed by atoms with van der Waals surface area (Å²) in [4.78, 5) is 2.41. The Hall–Kier alpha value is -0.860. The maximum absolute atomic E-state index is 3.48. The lowest BCUT2D eigenvalue weighted by atomic mass is 10.1. The minimum Gasteiger partial charge on any atom is -0.315 e. The Morgan fingerprint density at radius 1 is 1.11 bits per heavy atom. The Morgan fingerprint density at radius 2 is 1.83 bits per heavy atom. The first-order chi connectivity index (χ1) is 8.68. The molecule has 0 bridgehead atoms. The Morgan fingerprint density at radius 3 is 2.50 bits per heavy atom. The number of hydrogen-bond acceptors (Lipinski definition) is 2. The quantitative estimate of drug-likeness (QED) is 0.676. The molecular formula is C16H28N2. The summed E-state index contributed by atoms with van der Waals surface area (Å²) in [6, 6.07) is 10.7. The van der Waals surface area contributed by atoms with Gasteiger partial charge in [0.25, 0.3) is 0 Å². The molecule has 1 aromatic carbocycles. The molecular weight excluding hydrogens is 220 g/mol. The van der Waals surface area contributed by atoms with Crippen LogP contribution in [0.15, 0.2) is 30.3 Å². The average Bonchev–Trinajstić information content (AvgIpc) is 2.36. The zero-order chi connectivity index (χ0) is 13.2. The van der Waals surface area contributed by atoms with E-state index in [1.54, 1.807) is 0 Å². The van der Waals surface area contributed by atoms with Gasteiger partial charge >= 0.3 is 0 Å². The van der Waals surface area contributed by atoms with Crippen LogP contribution in [0.5, 0.6) is 0 Å². The van der Waals surface area contributed by atoms with E-state index in [4.69, 9.17) is 0 Å². The molecule has 0 fully saturated rings. The fraction of sp³-hybridized carbons (Fsp3) is 0.625. The molecule has 0 radical (unpaired) electrons. The van der Waals surface area contributed by atoms with E-state index < -0.39 is 0 Å². The van der Waals surface area contributed by atoms with Crippen molar-refractivity contribution >= 4 is 0 Å². The third kappa shape index (κ3) is 7.46. The molecule has 0 aromatic heterocycles. The number of likely N-dealkylation sites (N-methyl/N-ethyl adjacent to an activating group) is 1. The maximum atomic E-state index is 3.48. The molecule has 0 heterocycles. The largest absolute Gasteiger partial charge is 0.315 e. The van der Waals surface area contributed by atoms with Crippen LogP contribution in [0.3, 0.4) is 0 Å². The normalized spacial score (nSPS) is 11.4. The zero-order valence-corrected chi connectivity index (χ0v) is 12.2. The van der Waals surface area contributed by atoms with Gasteiger partial charge < -0.3 is 10.2 Å². The van der Waals surface area contributed by atoms with Gasteiger partial charge in [0.1, 0.15) is 0 Å². The highest BCUT2D eigenvalue weighted by atomic mass is 15.1. The molecule has 1 N–H and O–H groups in total. The van der Waals surface area contributed by atoms with Crippen molar-refractivity contribution in [1.82, 2.24) is 10.2 Å². The number of nitrogens with one attached hydrogen (secondary N) is 1. The van der Waals surface area contributed by atoms with Gasteiger partial charge in [-0.2, -0.15) is 0 Å². The highest BCUT2D eigenvalue weighted by Gasteiger charge is 1.99. The molecule has 0 saturated heterocycles. The van der Waals surface area contributed by atoms with Crippen molar-refractivity contribution in [2.75, 3.05) is 33.2 Å². The molecule has 0 spiro atoms. The molecule has 1 rings (SSSR count). The minimum absolute atomic E-state index is 0.744. The standard InChI is InChI=1S/C16H28N2/c1-15(2)14-17-11-13-18(3)12-7-10-16-8-5-4-6-9-16/h4-6,8-9,15,17H,7,10-14H2,1-3H3. The van der Waals surface area contributed by atoms with Crippen molar-refractivity contribution in [1.29, 1.82) is 0 Å². The Balaban J connectivity index is 2.01. The lowest BCUT2D eigenvalue weighted by Crippen LogP contribution is -2.31. The number of aryl methyl sites for hydroxylation is 1. The minimum atomic E-state index is 0.744. The Labute approximate surface area is 112 Å². The number of benzene rings is 1. The molecule has 102 valence electrons. The van der Waals surface area contributed by atoms with Gasteiger partial charge in [0.05, 0.1) is 0 Å². The van der Waals surface area contributed by atoms with E-state index in [-0.39, 0.29) is 0 Å². The first-order valence-corrected chi connectivity index (χ1v) is 7.11. The van der Waals surface area contributed by atoms with Gasteiger partial charge in [0.15, 0.2) is 0 Å². The number of nitrogens with zero attached hydrogens (tertiary/aromatic N) is 1. The molecule has 1 aromatic rings. The molecule has 0 aliphatic heterocycles. The molecule has 0 aliphatic rings. The highest BCUT2D eigenvalue weighted by Crippen LogP contribution is 2.02. The number of hydrogen-bond donors (Lipinski definition) is 1. The summed E-state index contributed by atoms with van der Waals surface area (Å²) in [7, 11) is 2.21. The Kier molecular flexibility index (Phi) is 7.70. The second kappa shape index (κ2) is 9.12. The molecule has 0 unspecified atom stereocenters. The fourth-order valence-electron chi connectivity index (χ4n) is 1.97. The maximum Gasteiger partial charge on any atom is 0.0104 e. The summed E-state index contributed by atoms with van der Waals surface area (Å²) in [5.74, 6) is 0.744. The van der Waals surface area contributed by atoms with Crippen LogP contribution in [-0.4, -0.2) is 38.1 Å². The van der Waals surface area contributed by atoms with Crippen molar-refractivity contribution < 1.29 is 0 Å². The molecule has 2 nitrogen and oxygen atoms in total. The van der Waals surface area contributed by atoms with Crippen LogP contribution in [0.2, 0.25) is 0 Å². The first kappa shape index (κ1) is 15.2. The summed E-state index contributed by atoms with van der Waals surface area (Å²) < 4.78 is 0. The highest BCUT2D eigenvalue weighted by molar-refractivity contribution is 5.14. The van der Waals surface area contributed by atoms with Crippen molar-refractivity contribution in [2.24, 2.45) is 5.92 Å². The van der Waals surface area contributed by atoms with Gasteiger partial charge in [-0.1, -0.05) is 44.2 Å². The van der Waals surface area contributed by atoms with E-state index >= 15 is 0 Å².